The fourth-order valence-electron chi connectivity index (χ4n) is 1.61. The van der Waals surface area contributed by atoms with Crippen LogP contribution in [0.3, 0.4) is 0 Å². The van der Waals surface area contributed by atoms with E-state index in [1.807, 2.05) is 0 Å². The van der Waals surface area contributed by atoms with Crippen LogP contribution in [0.15, 0.2) is 0 Å². The lowest BCUT2D eigenvalue weighted by Crippen LogP contribution is -3.17. The minimum Gasteiger partial charge on any atom is -0.544 e. The number of carboxylic acid groups (broad SMARTS) is 1. The Morgan fingerprint density at radius 1 is 1.36 bits per heavy atom. The monoisotopic (exact) mass is 157 g/mol. The maximum atomic E-state index is 10.5. The quantitative estimate of drug-likeness (QED) is 0.513. The van der Waals surface area contributed by atoms with Gasteiger partial charge < -0.3 is 14.8 Å². The molecule has 0 spiro atoms. The minimum absolute atomic E-state index is 0.324. The molecule has 3 heteroatoms. The Labute approximate surface area is 67.0 Å². The number of nitrogens with one attached hydrogen (secondary N) is 1. The van der Waals surface area contributed by atoms with Crippen molar-refractivity contribution in [3.8, 4) is 0 Å². The molecular weight excluding hydrogens is 142 g/mol. The molecule has 0 bridgehead atoms. The fourth-order valence-corrected chi connectivity index (χ4v) is 1.61. The summed E-state index contributed by atoms with van der Waals surface area (Å²) in [6.07, 6.45) is 3.57. The summed E-state index contributed by atoms with van der Waals surface area (Å²) in [4.78, 5) is 11.6. The number of rotatable bonds is 2. The highest BCUT2D eigenvalue weighted by Crippen LogP contribution is 1.95. The van der Waals surface area contributed by atoms with Crippen molar-refractivity contribution in [2.75, 3.05) is 13.1 Å². The van der Waals surface area contributed by atoms with E-state index >= 15 is 0 Å². The van der Waals surface area contributed by atoms with Crippen LogP contribution in [0, 0.1) is 0 Å². The highest BCUT2D eigenvalue weighted by molar-refractivity contribution is 5.68. The minimum atomic E-state index is -0.915. The van der Waals surface area contributed by atoms with Crippen LogP contribution >= 0.6 is 0 Å². The Kier molecular flexibility index (Phi) is 2.88. The molecule has 1 N–H and O–H groups in total. The van der Waals surface area contributed by atoms with Gasteiger partial charge in [0.25, 0.3) is 0 Å². The van der Waals surface area contributed by atoms with E-state index in [1.54, 1.807) is 6.92 Å². The Morgan fingerprint density at radius 2 is 1.91 bits per heavy atom. The van der Waals surface area contributed by atoms with Gasteiger partial charge in [0.15, 0.2) is 0 Å². The average Bonchev–Trinajstić information content (AvgIpc) is 2.05. The Bertz CT molecular complexity index is 141. The lowest BCUT2D eigenvalue weighted by molar-refractivity contribution is -0.921. The Balaban J connectivity index is 2.38. The van der Waals surface area contributed by atoms with Gasteiger partial charge in [-0.25, -0.2) is 0 Å². The van der Waals surface area contributed by atoms with E-state index < -0.39 is 5.97 Å². The third-order valence-electron chi connectivity index (χ3n) is 2.46. The maximum Gasteiger partial charge on any atom is 0.125 e. The first kappa shape index (κ1) is 8.53. The van der Waals surface area contributed by atoms with Gasteiger partial charge in [-0.05, 0) is 26.2 Å². The normalized spacial score (nSPS) is 23.0. The summed E-state index contributed by atoms with van der Waals surface area (Å²) in [5.41, 5.74) is 0. The van der Waals surface area contributed by atoms with Gasteiger partial charge in [-0.1, -0.05) is 0 Å². The molecule has 0 aliphatic carbocycles. The third-order valence-corrected chi connectivity index (χ3v) is 2.46. The predicted molar refractivity (Wildman–Crippen MR) is 39.0 cm³/mol. The number of carbonyl (C=O) groups is 1. The second kappa shape index (κ2) is 3.72. The summed E-state index contributed by atoms with van der Waals surface area (Å²) >= 11 is 0. The van der Waals surface area contributed by atoms with E-state index in [0.717, 1.165) is 25.9 Å². The van der Waals surface area contributed by atoms with Crippen LogP contribution in [0.1, 0.15) is 26.2 Å². The molecular formula is C8H15NO2. The lowest BCUT2D eigenvalue weighted by atomic mass is 10.1. The summed E-state index contributed by atoms with van der Waals surface area (Å²) < 4.78 is 0. The van der Waals surface area contributed by atoms with Gasteiger partial charge in [-0.15, -0.1) is 0 Å². The van der Waals surface area contributed by atoms with E-state index in [9.17, 15) is 9.90 Å². The summed E-state index contributed by atoms with van der Waals surface area (Å²) in [6, 6.07) is -0.324. The van der Waals surface area contributed by atoms with E-state index in [4.69, 9.17) is 0 Å². The van der Waals surface area contributed by atoms with Crippen molar-refractivity contribution in [3.63, 3.8) is 0 Å². The third kappa shape index (κ3) is 2.19. The molecule has 1 aliphatic heterocycles. The highest BCUT2D eigenvalue weighted by atomic mass is 16.4. The first-order valence-electron chi connectivity index (χ1n) is 4.27. The molecule has 0 saturated carbocycles. The van der Waals surface area contributed by atoms with Gasteiger partial charge in [0.1, 0.15) is 6.04 Å². The standard InChI is InChI=1S/C8H15NO2/c1-7(8(10)11)9-5-3-2-4-6-9/h7H,2-6H2,1H3,(H,10,11)/t7-/m1/s1. The molecule has 1 atom stereocenters. The molecule has 1 heterocycles. The van der Waals surface area contributed by atoms with E-state index in [-0.39, 0.29) is 6.04 Å². The van der Waals surface area contributed by atoms with Crippen LogP contribution < -0.4 is 10.0 Å². The van der Waals surface area contributed by atoms with E-state index in [0.29, 0.717) is 0 Å². The smallest absolute Gasteiger partial charge is 0.125 e. The number of quaternary nitrogens is 1. The van der Waals surface area contributed by atoms with E-state index in [2.05, 4.69) is 0 Å². The van der Waals surface area contributed by atoms with Crippen LogP contribution in [0.2, 0.25) is 0 Å². The molecule has 1 saturated heterocycles. The van der Waals surface area contributed by atoms with Crippen LogP contribution in [-0.4, -0.2) is 25.1 Å². The number of piperidine rings is 1. The summed E-state index contributed by atoms with van der Waals surface area (Å²) in [7, 11) is 0. The fraction of sp³-hybridized carbons (Fsp3) is 0.875. The molecule has 0 radical (unpaired) electrons. The van der Waals surface area contributed by atoms with Crippen molar-refractivity contribution >= 4 is 5.97 Å². The number of carboxylic acids is 1. The molecule has 11 heavy (non-hydrogen) atoms. The van der Waals surface area contributed by atoms with Crippen LogP contribution in [0.25, 0.3) is 0 Å². The maximum absolute atomic E-state index is 10.5. The zero-order valence-electron chi connectivity index (χ0n) is 6.93. The molecule has 0 unspecified atom stereocenters. The number of aliphatic carboxylic acids is 1. The van der Waals surface area contributed by atoms with Crippen molar-refractivity contribution in [3.05, 3.63) is 0 Å². The van der Waals surface area contributed by atoms with Gasteiger partial charge in [0.2, 0.25) is 0 Å². The van der Waals surface area contributed by atoms with Crippen molar-refractivity contribution in [2.24, 2.45) is 0 Å². The highest BCUT2D eigenvalue weighted by Gasteiger charge is 2.20. The average molecular weight is 157 g/mol. The number of hydrogen-bond acceptors (Lipinski definition) is 2. The first-order valence-corrected chi connectivity index (χ1v) is 4.27. The number of carbonyl (C=O) groups excluding carboxylic acids is 1. The first-order chi connectivity index (χ1) is 5.22. The molecule has 0 amide bonds. The zero-order valence-corrected chi connectivity index (χ0v) is 6.93. The van der Waals surface area contributed by atoms with Crippen molar-refractivity contribution in [1.29, 1.82) is 0 Å². The SMILES string of the molecule is C[C@H](C(=O)[O-])[NH+]1CCCCC1. The van der Waals surface area contributed by atoms with Gasteiger partial charge in [-0.3, -0.25) is 0 Å². The van der Waals surface area contributed by atoms with Crippen LogP contribution in [-0.2, 0) is 4.79 Å². The lowest BCUT2D eigenvalue weighted by Gasteiger charge is -2.29. The van der Waals surface area contributed by atoms with Crippen LogP contribution in [0.4, 0.5) is 0 Å². The molecule has 3 nitrogen and oxygen atoms in total. The second-order valence-corrected chi connectivity index (χ2v) is 3.26. The van der Waals surface area contributed by atoms with Gasteiger partial charge in [0.05, 0.1) is 19.1 Å². The predicted octanol–water partition coefficient (Wildman–Crippen LogP) is -1.81. The van der Waals surface area contributed by atoms with Gasteiger partial charge in [-0.2, -0.15) is 0 Å². The Hall–Kier alpha value is -0.570. The molecule has 0 aromatic heterocycles. The van der Waals surface area contributed by atoms with Gasteiger partial charge >= 0.3 is 0 Å². The van der Waals surface area contributed by atoms with Crippen LogP contribution in [0.5, 0.6) is 0 Å². The van der Waals surface area contributed by atoms with Gasteiger partial charge in [0, 0.05) is 0 Å². The molecule has 0 aromatic rings. The topological polar surface area (TPSA) is 44.6 Å². The number of hydrogen-bond donors (Lipinski definition) is 1. The van der Waals surface area contributed by atoms with Crippen molar-refractivity contribution in [2.45, 2.75) is 32.2 Å². The van der Waals surface area contributed by atoms with Crippen molar-refractivity contribution in [1.82, 2.24) is 0 Å². The largest absolute Gasteiger partial charge is 0.544 e. The molecule has 1 fully saturated rings. The van der Waals surface area contributed by atoms with E-state index in [1.165, 1.54) is 11.3 Å². The molecule has 0 aromatic carbocycles. The Morgan fingerprint density at radius 3 is 2.36 bits per heavy atom. The summed E-state index contributed by atoms with van der Waals surface area (Å²) in [5.74, 6) is -0.915. The summed E-state index contributed by atoms with van der Waals surface area (Å²) in [6.45, 7) is 3.72. The molecule has 1 aliphatic rings. The zero-order chi connectivity index (χ0) is 8.27. The van der Waals surface area contributed by atoms with Crippen molar-refractivity contribution < 1.29 is 14.8 Å². The molecule has 64 valence electrons. The second-order valence-electron chi connectivity index (χ2n) is 3.26. The summed E-state index contributed by atoms with van der Waals surface area (Å²) in [5, 5.41) is 10.5. The number of likely N-dealkylation sites (tertiary alicyclic amines) is 1. The molecule has 1 rings (SSSR count).